The second-order valence-corrected chi connectivity index (χ2v) is 6.79. The molecule has 2 N–H and O–H groups in total. The third-order valence-corrected chi connectivity index (χ3v) is 4.49. The number of anilines is 1. The van der Waals surface area contributed by atoms with Crippen LogP contribution in [0.25, 0.3) is 22.6 Å². The lowest BCUT2D eigenvalue weighted by Crippen LogP contribution is -2.04. The summed E-state index contributed by atoms with van der Waals surface area (Å²) in [6.07, 6.45) is 1.74. The fourth-order valence-electron chi connectivity index (χ4n) is 3.08. The van der Waals surface area contributed by atoms with Crippen molar-refractivity contribution < 1.29 is 9.13 Å². The highest BCUT2D eigenvalue weighted by atomic mass is 19.1. The van der Waals surface area contributed by atoms with E-state index in [2.05, 4.69) is 25.3 Å². The Labute approximate surface area is 172 Å². The van der Waals surface area contributed by atoms with Gasteiger partial charge < -0.3 is 10.5 Å². The molecule has 0 spiro atoms. The quantitative estimate of drug-likeness (QED) is 0.526. The molecule has 0 aliphatic rings. The first-order valence-electron chi connectivity index (χ1n) is 9.28. The topological polar surface area (TPSA) is 105 Å². The van der Waals surface area contributed by atoms with Crippen molar-refractivity contribution in [2.24, 2.45) is 0 Å². The smallest absolute Gasteiger partial charge is 0.221 e. The third kappa shape index (κ3) is 4.15. The average Bonchev–Trinajstić information content (AvgIpc) is 3.19. The van der Waals surface area contributed by atoms with Gasteiger partial charge in [-0.25, -0.2) is 19.0 Å². The van der Waals surface area contributed by atoms with Crippen molar-refractivity contribution in [3.8, 4) is 22.6 Å². The second kappa shape index (κ2) is 8.34. The summed E-state index contributed by atoms with van der Waals surface area (Å²) in [5.74, 6) is -0.306. The van der Waals surface area contributed by atoms with Gasteiger partial charge in [0.15, 0.2) is 0 Å². The Morgan fingerprint density at radius 2 is 1.77 bits per heavy atom. The van der Waals surface area contributed by atoms with Crippen LogP contribution in [-0.2, 0) is 17.9 Å². The zero-order valence-corrected chi connectivity index (χ0v) is 16.6. The molecule has 0 amide bonds. The van der Waals surface area contributed by atoms with Gasteiger partial charge in [-0.3, -0.25) is 4.98 Å². The summed E-state index contributed by atoms with van der Waals surface area (Å²) >= 11 is 0. The number of hydrogen-bond donors (Lipinski definition) is 1. The Hall–Kier alpha value is -3.72. The number of nitrogens with zero attached hydrogens (tertiary/aromatic N) is 6. The molecule has 0 aliphatic heterocycles. The molecule has 0 radical (unpaired) electrons. The first kappa shape index (κ1) is 19.6. The number of halogens is 1. The predicted octanol–water partition coefficient (Wildman–Crippen LogP) is 3.02. The van der Waals surface area contributed by atoms with Crippen molar-refractivity contribution in [3.05, 3.63) is 71.4 Å². The molecule has 0 fully saturated rings. The van der Waals surface area contributed by atoms with Gasteiger partial charge in [0.05, 0.1) is 42.1 Å². The molecule has 0 unspecified atom stereocenters. The van der Waals surface area contributed by atoms with Crippen LogP contribution in [0.3, 0.4) is 0 Å². The molecule has 4 aromatic rings. The molecule has 9 heteroatoms. The van der Waals surface area contributed by atoms with Gasteiger partial charge in [0, 0.05) is 12.7 Å². The lowest BCUT2D eigenvalue weighted by Gasteiger charge is -2.07. The van der Waals surface area contributed by atoms with Gasteiger partial charge in [0.1, 0.15) is 11.5 Å². The molecule has 0 aliphatic carbocycles. The molecular weight excluding hydrogens is 385 g/mol. The summed E-state index contributed by atoms with van der Waals surface area (Å²) in [6.45, 7) is 2.57. The van der Waals surface area contributed by atoms with Gasteiger partial charge in [-0.15, -0.1) is 5.10 Å². The Morgan fingerprint density at radius 1 is 1.00 bits per heavy atom. The number of ether oxygens (including phenoxy) is 1. The van der Waals surface area contributed by atoms with E-state index in [1.54, 1.807) is 49.2 Å². The van der Waals surface area contributed by atoms with Crippen LogP contribution in [0.2, 0.25) is 0 Å². The van der Waals surface area contributed by atoms with Gasteiger partial charge in [-0.1, -0.05) is 23.4 Å². The van der Waals surface area contributed by atoms with Crippen LogP contribution in [0, 0.1) is 12.7 Å². The van der Waals surface area contributed by atoms with E-state index in [1.165, 1.54) is 0 Å². The molecule has 0 saturated carbocycles. The summed E-state index contributed by atoms with van der Waals surface area (Å²) in [4.78, 5) is 12.9. The van der Waals surface area contributed by atoms with E-state index in [1.807, 2.05) is 18.2 Å². The Bertz CT molecular complexity index is 1190. The van der Waals surface area contributed by atoms with Gasteiger partial charge in [0.2, 0.25) is 5.95 Å². The summed E-state index contributed by atoms with van der Waals surface area (Å²) in [6, 6.07) is 12.5. The van der Waals surface area contributed by atoms with Gasteiger partial charge >= 0.3 is 0 Å². The number of methoxy groups -OCH3 is 1. The van der Waals surface area contributed by atoms with Crippen LogP contribution in [0.4, 0.5) is 10.3 Å². The highest BCUT2D eigenvalue weighted by Gasteiger charge is 2.14. The molecule has 3 aromatic heterocycles. The highest BCUT2D eigenvalue weighted by Crippen LogP contribution is 2.26. The monoisotopic (exact) mass is 405 g/mol. The maximum Gasteiger partial charge on any atom is 0.221 e. The first-order chi connectivity index (χ1) is 14.5. The number of rotatable bonds is 6. The van der Waals surface area contributed by atoms with Crippen LogP contribution in [0.15, 0.2) is 48.7 Å². The minimum Gasteiger partial charge on any atom is -0.378 e. The maximum atomic E-state index is 14.5. The highest BCUT2D eigenvalue weighted by molar-refractivity contribution is 5.68. The predicted molar refractivity (Wildman–Crippen MR) is 110 cm³/mol. The van der Waals surface area contributed by atoms with Crippen molar-refractivity contribution in [2.75, 3.05) is 12.8 Å². The molecule has 0 atom stereocenters. The Morgan fingerprint density at radius 3 is 2.60 bits per heavy atom. The second-order valence-electron chi connectivity index (χ2n) is 6.79. The SMILES string of the molecule is COCc1cccc(Cn2cc(-c3cc(-c4cccc(C)c4F)nc(N)n3)nn2)n1. The summed E-state index contributed by atoms with van der Waals surface area (Å²) in [5.41, 5.74) is 9.78. The molecule has 8 nitrogen and oxygen atoms in total. The number of aromatic nitrogens is 6. The Balaban J connectivity index is 1.63. The van der Waals surface area contributed by atoms with Crippen molar-refractivity contribution in [3.63, 3.8) is 0 Å². The van der Waals surface area contributed by atoms with E-state index in [-0.39, 0.29) is 11.8 Å². The average molecular weight is 405 g/mol. The normalized spacial score (nSPS) is 11.0. The van der Waals surface area contributed by atoms with Crippen LogP contribution >= 0.6 is 0 Å². The standard InChI is InChI=1S/C21H20FN7O/c1-13-5-3-8-16(20(13)22)17-9-18(26-21(23)25-17)19-11-29(28-27-19)10-14-6-4-7-15(24-14)12-30-2/h3-9,11H,10,12H2,1-2H3,(H2,23,25,26). The minimum absolute atomic E-state index is 0.0342. The third-order valence-electron chi connectivity index (χ3n) is 4.49. The minimum atomic E-state index is -0.341. The number of pyridine rings is 1. The number of nitrogens with two attached hydrogens (primary N) is 1. The molecule has 30 heavy (non-hydrogen) atoms. The molecule has 152 valence electrons. The lowest BCUT2D eigenvalue weighted by molar-refractivity contribution is 0.181. The number of benzene rings is 1. The van der Waals surface area contributed by atoms with Crippen LogP contribution < -0.4 is 5.73 Å². The molecular formula is C21H20FN7O. The first-order valence-corrected chi connectivity index (χ1v) is 9.28. The van der Waals surface area contributed by atoms with E-state index in [0.717, 1.165) is 11.4 Å². The van der Waals surface area contributed by atoms with Crippen molar-refractivity contribution in [1.29, 1.82) is 0 Å². The summed E-state index contributed by atoms with van der Waals surface area (Å²) < 4.78 is 21.3. The van der Waals surface area contributed by atoms with Crippen LogP contribution in [-0.4, -0.2) is 37.1 Å². The largest absolute Gasteiger partial charge is 0.378 e. The van der Waals surface area contributed by atoms with E-state index in [9.17, 15) is 4.39 Å². The van der Waals surface area contributed by atoms with E-state index >= 15 is 0 Å². The maximum absolute atomic E-state index is 14.5. The van der Waals surface area contributed by atoms with E-state index < -0.39 is 0 Å². The summed E-state index contributed by atoms with van der Waals surface area (Å²) in [7, 11) is 1.63. The summed E-state index contributed by atoms with van der Waals surface area (Å²) in [5, 5.41) is 8.33. The number of nitrogen functional groups attached to an aromatic ring is 1. The fraction of sp³-hybridized carbons (Fsp3) is 0.190. The molecule has 0 bridgehead atoms. The van der Waals surface area contributed by atoms with Crippen molar-refractivity contribution in [1.82, 2.24) is 29.9 Å². The van der Waals surface area contributed by atoms with Crippen LogP contribution in [0.1, 0.15) is 17.0 Å². The molecule has 1 aromatic carbocycles. The van der Waals surface area contributed by atoms with Crippen LogP contribution in [0.5, 0.6) is 0 Å². The zero-order chi connectivity index (χ0) is 21.1. The van der Waals surface area contributed by atoms with E-state index in [0.29, 0.717) is 41.4 Å². The Kier molecular flexibility index (Phi) is 5.44. The van der Waals surface area contributed by atoms with Crippen molar-refractivity contribution >= 4 is 5.95 Å². The fourth-order valence-corrected chi connectivity index (χ4v) is 3.08. The van der Waals surface area contributed by atoms with Crippen molar-refractivity contribution in [2.45, 2.75) is 20.1 Å². The van der Waals surface area contributed by atoms with E-state index in [4.69, 9.17) is 10.5 Å². The number of hydrogen-bond acceptors (Lipinski definition) is 7. The number of aryl methyl sites for hydroxylation is 1. The van der Waals surface area contributed by atoms with Gasteiger partial charge in [0.25, 0.3) is 0 Å². The van der Waals surface area contributed by atoms with Gasteiger partial charge in [-0.2, -0.15) is 0 Å². The molecule has 4 rings (SSSR count). The zero-order valence-electron chi connectivity index (χ0n) is 16.6. The molecule has 0 saturated heterocycles. The molecule has 3 heterocycles. The lowest BCUT2D eigenvalue weighted by atomic mass is 10.1. The van der Waals surface area contributed by atoms with Gasteiger partial charge in [-0.05, 0) is 36.8 Å².